The lowest BCUT2D eigenvalue weighted by atomic mass is 10.1. The van der Waals surface area contributed by atoms with Crippen molar-refractivity contribution >= 4 is 23.2 Å². The number of rotatable bonds is 5. The first kappa shape index (κ1) is 18.7. The molecule has 0 spiro atoms. The van der Waals surface area contributed by atoms with E-state index in [0.717, 1.165) is 17.3 Å². The molecule has 1 N–H and O–H groups in total. The number of aryl methyl sites for hydroxylation is 1. The van der Waals surface area contributed by atoms with Gasteiger partial charge in [-0.1, -0.05) is 6.07 Å². The summed E-state index contributed by atoms with van der Waals surface area (Å²) in [5.74, 6) is 1.51. The molecule has 8 nitrogen and oxygen atoms in total. The van der Waals surface area contributed by atoms with Crippen LogP contribution in [0.5, 0.6) is 5.75 Å². The van der Waals surface area contributed by atoms with Crippen LogP contribution in [0, 0.1) is 12.8 Å². The van der Waals surface area contributed by atoms with Gasteiger partial charge >= 0.3 is 0 Å². The molecule has 1 aromatic carbocycles. The van der Waals surface area contributed by atoms with Crippen LogP contribution in [-0.4, -0.2) is 40.0 Å². The number of carbonyl (C=O) groups excluding carboxylic acids is 2. The maximum Gasteiger partial charge on any atom is 0.229 e. The van der Waals surface area contributed by atoms with E-state index in [9.17, 15) is 9.59 Å². The highest BCUT2D eigenvalue weighted by Gasteiger charge is 2.35. The Morgan fingerprint density at radius 1 is 1.24 bits per heavy atom. The summed E-state index contributed by atoms with van der Waals surface area (Å²) < 4.78 is 7.07. The van der Waals surface area contributed by atoms with E-state index < -0.39 is 5.92 Å². The van der Waals surface area contributed by atoms with Crippen molar-refractivity contribution in [3.05, 3.63) is 60.8 Å². The molecule has 2 aromatic heterocycles. The Morgan fingerprint density at radius 2 is 2.10 bits per heavy atom. The fourth-order valence-electron chi connectivity index (χ4n) is 3.38. The molecule has 1 atom stereocenters. The van der Waals surface area contributed by atoms with E-state index in [2.05, 4.69) is 15.3 Å². The maximum atomic E-state index is 12.7. The monoisotopic (exact) mass is 391 g/mol. The number of anilines is 2. The van der Waals surface area contributed by atoms with Gasteiger partial charge in [0.1, 0.15) is 17.4 Å². The lowest BCUT2D eigenvalue weighted by Crippen LogP contribution is -2.28. The minimum Gasteiger partial charge on any atom is -0.497 e. The first-order valence-corrected chi connectivity index (χ1v) is 9.27. The largest absolute Gasteiger partial charge is 0.497 e. The summed E-state index contributed by atoms with van der Waals surface area (Å²) in [6, 6.07) is 10.9. The molecule has 0 radical (unpaired) electrons. The van der Waals surface area contributed by atoms with E-state index in [4.69, 9.17) is 4.74 Å². The van der Waals surface area contributed by atoms with Crippen molar-refractivity contribution in [1.29, 1.82) is 0 Å². The molecule has 3 aromatic rings. The van der Waals surface area contributed by atoms with Gasteiger partial charge in [-0.25, -0.2) is 9.97 Å². The van der Waals surface area contributed by atoms with Crippen LogP contribution in [0.25, 0.3) is 5.82 Å². The third kappa shape index (κ3) is 3.82. The number of hydrogen-bond acceptors (Lipinski definition) is 5. The number of nitrogens with one attached hydrogen (secondary N) is 1. The molecule has 8 heteroatoms. The van der Waals surface area contributed by atoms with E-state index in [-0.39, 0.29) is 18.2 Å². The van der Waals surface area contributed by atoms with Gasteiger partial charge in [0.15, 0.2) is 0 Å². The zero-order chi connectivity index (χ0) is 20.4. The zero-order valence-electron chi connectivity index (χ0n) is 16.2. The molecule has 1 fully saturated rings. The van der Waals surface area contributed by atoms with Gasteiger partial charge in [-0.2, -0.15) is 0 Å². The van der Waals surface area contributed by atoms with Crippen molar-refractivity contribution in [2.24, 2.45) is 5.92 Å². The summed E-state index contributed by atoms with van der Waals surface area (Å²) >= 11 is 0. The second-order valence-corrected chi connectivity index (χ2v) is 6.85. The van der Waals surface area contributed by atoms with Gasteiger partial charge in [-0.3, -0.25) is 14.2 Å². The van der Waals surface area contributed by atoms with Gasteiger partial charge in [-0.15, -0.1) is 0 Å². The fourth-order valence-corrected chi connectivity index (χ4v) is 3.38. The molecular weight excluding hydrogens is 370 g/mol. The molecular formula is C21H21N5O3. The third-order valence-electron chi connectivity index (χ3n) is 4.95. The molecule has 0 bridgehead atoms. The smallest absolute Gasteiger partial charge is 0.229 e. The molecule has 3 heterocycles. The van der Waals surface area contributed by atoms with E-state index in [1.54, 1.807) is 36.5 Å². The number of hydrogen-bond donors (Lipinski definition) is 1. The van der Waals surface area contributed by atoms with Crippen molar-refractivity contribution in [2.45, 2.75) is 13.3 Å². The van der Waals surface area contributed by atoms with Crippen LogP contribution in [0.2, 0.25) is 0 Å². The number of pyridine rings is 1. The van der Waals surface area contributed by atoms with Crippen molar-refractivity contribution in [2.75, 3.05) is 23.9 Å². The quantitative estimate of drug-likeness (QED) is 0.722. The topological polar surface area (TPSA) is 89.3 Å². The fraction of sp³-hybridized carbons (Fsp3) is 0.238. The number of methoxy groups -OCH3 is 1. The second kappa shape index (κ2) is 7.75. The SMILES string of the molecule is COc1cccc(N2CC(C(=O)Nc3ccc(-n4ccnc4C)nc3)CC2=O)c1. The Morgan fingerprint density at radius 3 is 2.79 bits per heavy atom. The third-order valence-corrected chi connectivity index (χ3v) is 4.95. The molecule has 2 amide bonds. The minimum atomic E-state index is -0.427. The van der Waals surface area contributed by atoms with Crippen LogP contribution in [0.4, 0.5) is 11.4 Å². The molecule has 1 saturated heterocycles. The van der Waals surface area contributed by atoms with Gasteiger partial charge in [0.2, 0.25) is 11.8 Å². The number of amides is 2. The van der Waals surface area contributed by atoms with Crippen molar-refractivity contribution in [3.8, 4) is 11.6 Å². The van der Waals surface area contributed by atoms with Gasteiger partial charge in [0.05, 0.1) is 24.9 Å². The lowest BCUT2D eigenvalue weighted by molar-refractivity contribution is -0.122. The van der Waals surface area contributed by atoms with Gasteiger partial charge in [0, 0.05) is 37.1 Å². The van der Waals surface area contributed by atoms with E-state index >= 15 is 0 Å². The van der Waals surface area contributed by atoms with Gasteiger partial charge < -0.3 is 15.0 Å². The second-order valence-electron chi connectivity index (χ2n) is 6.85. The molecule has 29 heavy (non-hydrogen) atoms. The van der Waals surface area contributed by atoms with Crippen LogP contribution in [0.15, 0.2) is 55.0 Å². The number of benzene rings is 1. The first-order chi connectivity index (χ1) is 14.0. The van der Waals surface area contributed by atoms with Crippen LogP contribution in [0.1, 0.15) is 12.2 Å². The summed E-state index contributed by atoms with van der Waals surface area (Å²) in [5.41, 5.74) is 1.31. The highest BCUT2D eigenvalue weighted by molar-refractivity contribution is 6.03. The molecule has 1 unspecified atom stereocenters. The van der Waals surface area contributed by atoms with E-state index in [1.165, 1.54) is 0 Å². The Kier molecular flexibility index (Phi) is 4.99. The zero-order valence-corrected chi connectivity index (χ0v) is 16.2. The number of ether oxygens (including phenoxy) is 1. The lowest BCUT2D eigenvalue weighted by Gasteiger charge is -2.17. The van der Waals surface area contributed by atoms with Crippen LogP contribution in [0.3, 0.4) is 0 Å². The summed E-state index contributed by atoms with van der Waals surface area (Å²) in [5, 5.41) is 2.86. The highest BCUT2D eigenvalue weighted by atomic mass is 16.5. The summed E-state index contributed by atoms with van der Waals surface area (Å²) in [4.78, 5) is 35.3. The summed E-state index contributed by atoms with van der Waals surface area (Å²) in [6.45, 7) is 2.22. The molecule has 0 saturated carbocycles. The molecule has 148 valence electrons. The van der Waals surface area contributed by atoms with Crippen LogP contribution in [-0.2, 0) is 9.59 Å². The van der Waals surface area contributed by atoms with Crippen molar-refractivity contribution in [3.63, 3.8) is 0 Å². The summed E-state index contributed by atoms with van der Waals surface area (Å²) in [7, 11) is 1.58. The molecule has 1 aliphatic heterocycles. The molecule has 4 rings (SSSR count). The van der Waals surface area contributed by atoms with Gasteiger partial charge in [0.25, 0.3) is 0 Å². The van der Waals surface area contributed by atoms with Crippen LogP contribution >= 0.6 is 0 Å². The average molecular weight is 391 g/mol. The Balaban J connectivity index is 1.42. The van der Waals surface area contributed by atoms with Crippen molar-refractivity contribution < 1.29 is 14.3 Å². The molecule has 0 aliphatic carbocycles. The van der Waals surface area contributed by atoms with Crippen LogP contribution < -0.4 is 15.0 Å². The standard InChI is InChI=1S/C21H21N5O3/c1-14-22-8-9-25(14)19-7-6-16(12-23-19)24-21(28)15-10-20(27)26(13-15)17-4-3-5-18(11-17)29-2/h3-9,11-12,15H,10,13H2,1-2H3,(H,24,28). The van der Waals surface area contributed by atoms with E-state index in [0.29, 0.717) is 18.0 Å². The van der Waals surface area contributed by atoms with E-state index in [1.807, 2.05) is 42.0 Å². The highest BCUT2D eigenvalue weighted by Crippen LogP contribution is 2.28. The first-order valence-electron chi connectivity index (χ1n) is 9.27. The number of imidazole rings is 1. The Hall–Kier alpha value is -3.68. The normalized spacial score (nSPS) is 16.1. The summed E-state index contributed by atoms with van der Waals surface area (Å²) in [6.07, 6.45) is 5.30. The van der Waals surface area contributed by atoms with Crippen molar-refractivity contribution in [1.82, 2.24) is 14.5 Å². The Labute approximate surface area is 168 Å². The molecule has 1 aliphatic rings. The average Bonchev–Trinajstić information content (AvgIpc) is 3.34. The Bertz CT molecular complexity index is 1040. The predicted octanol–water partition coefficient (Wildman–Crippen LogP) is 2.58. The van der Waals surface area contributed by atoms with Gasteiger partial charge in [-0.05, 0) is 31.2 Å². The maximum absolute atomic E-state index is 12.7. The number of nitrogens with zero attached hydrogens (tertiary/aromatic N) is 4. The minimum absolute atomic E-state index is 0.0811. The number of carbonyl (C=O) groups is 2. The predicted molar refractivity (Wildman–Crippen MR) is 108 cm³/mol. The number of aromatic nitrogens is 3.